The van der Waals surface area contributed by atoms with Crippen LogP contribution in [-0.2, 0) is 23.1 Å². The number of aromatic nitrogens is 3. The van der Waals surface area contributed by atoms with E-state index in [9.17, 15) is 19.2 Å². The Bertz CT molecular complexity index is 1180. The van der Waals surface area contributed by atoms with Gasteiger partial charge < -0.3 is 9.30 Å². The summed E-state index contributed by atoms with van der Waals surface area (Å²) in [5, 5.41) is 7.06. The van der Waals surface area contributed by atoms with Crippen molar-refractivity contribution >= 4 is 28.6 Å². The molecule has 1 N–H and O–H groups in total. The molecule has 0 spiro atoms. The fraction of sp³-hybridized carbons (Fsp3) is 0.318. The number of rotatable bonds is 8. The molecule has 9 heteroatoms. The first-order chi connectivity index (χ1) is 14.9. The van der Waals surface area contributed by atoms with E-state index in [1.165, 1.54) is 4.68 Å². The van der Waals surface area contributed by atoms with Crippen molar-refractivity contribution in [3.8, 4) is 0 Å². The van der Waals surface area contributed by atoms with Crippen molar-refractivity contribution in [2.24, 2.45) is 7.05 Å². The molecule has 0 radical (unpaired) electrons. The molecule has 0 bridgehead atoms. The topological polar surface area (TPSA) is 112 Å². The van der Waals surface area contributed by atoms with Crippen LogP contribution in [-0.4, -0.2) is 38.7 Å². The molecule has 9 nitrogen and oxygen atoms in total. The zero-order chi connectivity index (χ0) is 22.4. The van der Waals surface area contributed by atoms with Gasteiger partial charge in [0.05, 0.1) is 5.39 Å². The van der Waals surface area contributed by atoms with Gasteiger partial charge in [-0.3, -0.25) is 19.7 Å². The number of esters is 1. The number of carbonyl (C=O) groups is 3. The van der Waals surface area contributed by atoms with Crippen LogP contribution in [0.25, 0.3) is 10.8 Å². The summed E-state index contributed by atoms with van der Waals surface area (Å²) in [6.45, 7) is 1.77. The number of carbonyl (C=O) groups excluding carboxylic acids is 3. The first-order valence-corrected chi connectivity index (χ1v) is 10.0. The molecule has 3 rings (SSSR count). The van der Waals surface area contributed by atoms with E-state index in [2.05, 4.69) is 10.4 Å². The number of nitrogens with one attached hydrogen (secondary N) is 1. The number of amides is 2. The van der Waals surface area contributed by atoms with Crippen LogP contribution in [0, 0.1) is 0 Å². The highest BCUT2D eigenvalue weighted by molar-refractivity contribution is 6.06. The summed E-state index contributed by atoms with van der Waals surface area (Å²) in [6, 6.07) is 9.86. The molecule has 3 aromatic rings. The van der Waals surface area contributed by atoms with Crippen LogP contribution in [0.5, 0.6) is 0 Å². The zero-order valence-electron chi connectivity index (χ0n) is 17.5. The molecule has 0 aliphatic rings. The fourth-order valence-electron chi connectivity index (χ4n) is 3.17. The Balaban J connectivity index is 1.74. The van der Waals surface area contributed by atoms with Gasteiger partial charge in [-0.15, -0.1) is 0 Å². The van der Waals surface area contributed by atoms with Crippen LogP contribution >= 0.6 is 0 Å². The average Bonchev–Trinajstić information content (AvgIpc) is 3.20. The van der Waals surface area contributed by atoms with Gasteiger partial charge in [0.1, 0.15) is 5.69 Å². The average molecular weight is 424 g/mol. The monoisotopic (exact) mass is 424 g/mol. The minimum atomic E-state index is -0.845. The maximum absolute atomic E-state index is 12.7. The van der Waals surface area contributed by atoms with E-state index >= 15 is 0 Å². The predicted octanol–water partition coefficient (Wildman–Crippen LogP) is 2.04. The molecule has 0 saturated heterocycles. The number of fused-ring (bicyclic) bond motifs is 1. The molecule has 1 aromatic carbocycles. The van der Waals surface area contributed by atoms with Crippen molar-refractivity contribution in [3.63, 3.8) is 0 Å². The van der Waals surface area contributed by atoms with Gasteiger partial charge in [0.25, 0.3) is 17.4 Å². The Kier molecular flexibility index (Phi) is 6.96. The van der Waals surface area contributed by atoms with Crippen LogP contribution in [0.3, 0.4) is 0 Å². The Morgan fingerprint density at radius 2 is 1.81 bits per heavy atom. The van der Waals surface area contributed by atoms with E-state index in [1.807, 2.05) is 6.92 Å². The highest BCUT2D eigenvalue weighted by atomic mass is 16.5. The number of imide groups is 1. The number of unbranched alkanes of at least 4 members (excludes halogenated alkanes) is 2. The van der Waals surface area contributed by atoms with Gasteiger partial charge in [0, 0.05) is 25.2 Å². The third-order valence-electron chi connectivity index (χ3n) is 4.80. The fourth-order valence-corrected chi connectivity index (χ4v) is 3.17. The Hall–Kier alpha value is -3.75. The molecule has 2 aromatic heterocycles. The molecule has 0 saturated carbocycles. The Morgan fingerprint density at radius 3 is 2.48 bits per heavy atom. The van der Waals surface area contributed by atoms with Gasteiger partial charge in [-0.25, -0.2) is 9.48 Å². The SMILES string of the molecule is CCCCCn1nc(C(=O)OCC(=O)NC(=O)c2cccn2C)c2ccccc2c1=O. The molecule has 2 heterocycles. The molecule has 0 aliphatic carbocycles. The van der Waals surface area contributed by atoms with Crippen LogP contribution in [0.1, 0.15) is 47.2 Å². The second-order valence-electron chi connectivity index (χ2n) is 7.09. The van der Waals surface area contributed by atoms with Crippen molar-refractivity contribution in [2.75, 3.05) is 6.61 Å². The lowest BCUT2D eigenvalue weighted by Gasteiger charge is -2.11. The van der Waals surface area contributed by atoms with Gasteiger partial charge in [0.15, 0.2) is 12.3 Å². The van der Waals surface area contributed by atoms with Crippen LogP contribution in [0.4, 0.5) is 0 Å². The standard InChI is InChI=1S/C22H24N4O5/c1-3-4-7-13-26-21(29)16-10-6-5-9-15(16)19(24-26)22(30)31-14-18(27)23-20(28)17-11-8-12-25(17)2/h5-6,8-12H,3-4,7,13-14H2,1-2H3,(H,23,27,28). The van der Waals surface area contributed by atoms with E-state index in [-0.39, 0.29) is 11.3 Å². The molecule has 31 heavy (non-hydrogen) atoms. The van der Waals surface area contributed by atoms with E-state index in [1.54, 1.807) is 54.2 Å². The van der Waals surface area contributed by atoms with E-state index in [0.29, 0.717) is 23.0 Å². The van der Waals surface area contributed by atoms with Gasteiger partial charge in [0.2, 0.25) is 0 Å². The van der Waals surface area contributed by atoms with Crippen molar-refractivity contribution in [1.29, 1.82) is 0 Å². The van der Waals surface area contributed by atoms with Crippen LogP contribution < -0.4 is 10.9 Å². The molecule has 0 unspecified atom stereocenters. The number of ether oxygens (including phenoxy) is 1. The lowest BCUT2D eigenvalue weighted by molar-refractivity contribution is -0.123. The predicted molar refractivity (Wildman–Crippen MR) is 114 cm³/mol. The zero-order valence-corrected chi connectivity index (χ0v) is 17.5. The van der Waals surface area contributed by atoms with E-state index < -0.39 is 24.4 Å². The minimum Gasteiger partial charge on any atom is -0.451 e. The smallest absolute Gasteiger partial charge is 0.359 e. The summed E-state index contributed by atoms with van der Waals surface area (Å²) in [4.78, 5) is 49.5. The quantitative estimate of drug-likeness (QED) is 0.437. The number of hydrogen-bond donors (Lipinski definition) is 1. The van der Waals surface area contributed by atoms with Crippen molar-refractivity contribution < 1.29 is 19.1 Å². The third kappa shape index (κ3) is 5.06. The van der Waals surface area contributed by atoms with Gasteiger partial charge >= 0.3 is 5.97 Å². The lowest BCUT2D eigenvalue weighted by atomic mass is 10.1. The van der Waals surface area contributed by atoms with Crippen molar-refractivity contribution in [1.82, 2.24) is 19.7 Å². The van der Waals surface area contributed by atoms with Crippen LogP contribution in [0.2, 0.25) is 0 Å². The van der Waals surface area contributed by atoms with E-state index in [4.69, 9.17) is 4.74 Å². The Morgan fingerprint density at radius 1 is 1.06 bits per heavy atom. The van der Waals surface area contributed by atoms with Crippen molar-refractivity contribution in [2.45, 2.75) is 32.7 Å². The third-order valence-corrected chi connectivity index (χ3v) is 4.80. The summed E-state index contributed by atoms with van der Waals surface area (Å²) in [5.74, 6) is -2.20. The normalized spacial score (nSPS) is 10.8. The van der Waals surface area contributed by atoms with Gasteiger partial charge in [-0.2, -0.15) is 5.10 Å². The molecule has 162 valence electrons. The Labute approximate surface area is 178 Å². The first kappa shape index (κ1) is 21.9. The molecular formula is C22H24N4O5. The molecular weight excluding hydrogens is 400 g/mol. The highest BCUT2D eigenvalue weighted by Crippen LogP contribution is 2.14. The second-order valence-corrected chi connectivity index (χ2v) is 7.09. The summed E-state index contributed by atoms with van der Waals surface area (Å²) >= 11 is 0. The number of aryl methyl sites for hydroxylation is 2. The van der Waals surface area contributed by atoms with Gasteiger partial charge in [-0.05, 0) is 24.6 Å². The lowest BCUT2D eigenvalue weighted by Crippen LogP contribution is -2.35. The highest BCUT2D eigenvalue weighted by Gasteiger charge is 2.20. The van der Waals surface area contributed by atoms with E-state index in [0.717, 1.165) is 19.3 Å². The summed E-state index contributed by atoms with van der Waals surface area (Å²) in [6.07, 6.45) is 4.33. The largest absolute Gasteiger partial charge is 0.451 e. The van der Waals surface area contributed by atoms with Crippen molar-refractivity contribution in [3.05, 3.63) is 64.3 Å². The maximum Gasteiger partial charge on any atom is 0.359 e. The summed E-state index contributed by atoms with van der Waals surface area (Å²) in [5.41, 5.74) is -0.0334. The van der Waals surface area contributed by atoms with Gasteiger partial charge in [-0.1, -0.05) is 38.0 Å². The molecule has 0 fully saturated rings. The first-order valence-electron chi connectivity index (χ1n) is 10.0. The molecule has 2 amide bonds. The summed E-state index contributed by atoms with van der Waals surface area (Å²) < 4.78 is 7.90. The molecule has 0 aliphatic heterocycles. The number of nitrogens with zero attached hydrogens (tertiary/aromatic N) is 3. The maximum atomic E-state index is 12.7. The number of hydrogen-bond acceptors (Lipinski definition) is 6. The van der Waals surface area contributed by atoms with Crippen LogP contribution in [0.15, 0.2) is 47.4 Å². The minimum absolute atomic E-state index is 0.0479. The summed E-state index contributed by atoms with van der Waals surface area (Å²) in [7, 11) is 1.67. The number of benzene rings is 1. The second kappa shape index (κ2) is 9.84. The molecule has 0 atom stereocenters.